The number of para-hydroxylation sites is 2. The second-order valence-corrected chi connectivity index (χ2v) is 4.90. The highest BCUT2D eigenvalue weighted by atomic mass is 16.5. The lowest BCUT2D eigenvalue weighted by Gasteiger charge is -2.39. The van der Waals surface area contributed by atoms with Crippen molar-refractivity contribution < 1.29 is 9.94 Å². The van der Waals surface area contributed by atoms with E-state index >= 15 is 0 Å². The second-order valence-electron chi connectivity index (χ2n) is 4.90. The van der Waals surface area contributed by atoms with Gasteiger partial charge in [0.25, 0.3) is 0 Å². The SMILES string of the molecule is COc1ccccc1N1CCN(C(C)C(N)=NO)CC1. The summed E-state index contributed by atoms with van der Waals surface area (Å²) in [6.07, 6.45) is 0. The van der Waals surface area contributed by atoms with Crippen LogP contribution in [0.1, 0.15) is 6.92 Å². The Balaban J connectivity index is 2.01. The van der Waals surface area contributed by atoms with E-state index in [2.05, 4.69) is 21.0 Å². The number of piperazine rings is 1. The van der Waals surface area contributed by atoms with Crippen LogP contribution in [0.25, 0.3) is 0 Å². The molecule has 0 aliphatic carbocycles. The number of hydrogen-bond acceptors (Lipinski definition) is 5. The first-order valence-electron chi connectivity index (χ1n) is 6.76. The molecule has 1 atom stereocenters. The highest BCUT2D eigenvalue weighted by Gasteiger charge is 2.24. The lowest BCUT2D eigenvalue weighted by molar-refractivity contribution is 0.229. The van der Waals surface area contributed by atoms with Gasteiger partial charge in [-0.2, -0.15) is 0 Å². The molecule has 2 rings (SSSR count). The second kappa shape index (κ2) is 6.47. The Kier molecular flexibility index (Phi) is 4.68. The van der Waals surface area contributed by atoms with Gasteiger partial charge in [0.15, 0.2) is 5.84 Å². The molecule has 1 aromatic carbocycles. The molecule has 6 heteroatoms. The molecule has 0 bridgehead atoms. The van der Waals surface area contributed by atoms with E-state index in [1.165, 1.54) is 0 Å². The van der Waals surface area contributed by atoms with E-state index in [-0.39, 0.29) is 11.9 Å². The minimum Gasteiger partial charge on any atom is -0.495 e. The zero-order chi connectivity index (χ0) is 14.5. The Morgan fingerprint density at radius 2 is 1.95 bits per heavy atom. The fourth-order valence-corrected chi connectivity index (χ4v) is 2.51. The van der Waals surface area contributed by atoms with Crippen LogP contribution in [0.5, 0.6) is 5.75 Å². The summed E-state index contributed by atoms with van der Waals surface area (Å²) in [5.41, 5.74) is 6.78. The summed E-state index contributed by atoms with van der Waals surface area (Å²) in [5.74, 6) is 1.15. The molecule has 20 heavy (non-hydrogen) atoms. The quantitative estimate of drug-likeness (QED) is 0.371. The van der Waals surface area contributed by atoms with Crippen LogP contribution in [0.3, 0.4) is 0 Å². The smallest absolute Gasteiger partial charge is 0.156 e. The van der Waals surface area contributed by atoms with Gasteiger partial charge in [0.05, 0.1) is 18.8 Å². The molecule has 0 saturated carbocycles. The molecule has 0 aromatic heterocycles. The van der Waals surface area contributed by atoms with E-state index < -0.39 is 0 Å². The van der Waals surface area contributed by atoms with Gasteiger partial charge in [0.2, 0.25) is 0 Å². The number of oxime groups is 1. The van der Waals surface area contributed by atoms with Gasteiger partial charge in [-0.25, -0.2) is 0 Å². The molecule has 1 unspecified atom stereocenters. The van der Waals surface area contributed by atoms with Crippen molar-refractivity contribution in [2.75, 3.05) is 38.2 Å². The Hall–Kier alpha value is -1.95. The largest absolute Gasteiger partial charge is 0.495 e. The number of rotatable bonds is 4. The maximum Gasteiger partial charge on any atom is 0.156 e. The van der Waals surface area contributed by atoms with Crippen LogP contribution in [0, 0.1) is 0 Å². The third-order valence-electron chi connectivity index (χ3n) is 3.83. The molecule has 110 valence electrons. The van der Waals surface area contributed by atoms with Gasteiger partial charge in [0.1, 0.15) is 5.75 Å². The summed E-state index contributed by atoms with van der Waals surface area (Å²) in [6.45, 7) is 5.48. The van der Waals surface area contributed by atoms with Crippen LogP contribution in [-0.2, 0) is 0 Å². The highest BCUT2D eigenvalue weighted by Crippen LogP contribution is 2.28. The van der Waals surface area contributed by atoms with Crippen molar-refractivity contribution >= 4 is 11.5 Å². The van der Waals surface area contributed by atoms with E-state index in [1.54, 1.807) is 7.11 Å². The molecule has 0 amide bonds. The summed E-state index contributed by atoms with van der Waals surface area (Å²) >= 11 is 0. The van der Waals surface area contributed by atoms with Gasteiger partial charge in [0, 0.05) is 26.2 Å². The maximum absolute atomic E-state index is 8.74. The molecule has 6 nitrogen and oxygen atoms in total. The number of amidine groups is 1. The molecule has 1 heterocycles. The van der Waals surface area contributed by atoms with Gasteiger partial charge >= 0.3 is 0 Å². The average molecular weight is 278 g/mol. The van der Waals surface area contributed by atoms with Crippen molar-refractivity contribution in [3.8, 4) is 5.75 Å². The molecular weight excluding hydrogens is 256 g/mol. The first kappa shape index (κ1) is 14.5. The Morgan fingerprint density at radius 1 is 1.30 bits per heavy atom. The number of hydrogen-bond donors (Lipinski definition) is 2. The van der Waals surface area contributed by atoms with Crippen LogP contribution in [0.15, 0.2) is 29.4 Å². The lowest BCUT2D eigenvalue weighted by atomic mass is 10.2. The molecule has 1 aliphatic rings. The molecule has 1 saturated heterocycles. The Labute approximate surface area is 119 Å². The minimum absolute atomic E-state index is 0.0418. The lowest BCUT2D eigenvalue weighted by Crippen LogP contribution is -2.53. The highest BCUT2D eigenvalue weighted by molar-refractivity contribution is 5.84. The van der Waals surface area contributed by atoms with Crippen LogP contribution >= 0.6 is 0 Å². The monoisotopic (exact) mass is 278 g/mol. The fourth-order valence-electron chi connectivity index (χ4n) is 2.51. The van der Waals surface area contributed by atoms with Crippen molar-refractivity contribution in [2.24, 2.45) is 10.9 Å². The summed E-state index contributed by atoms with van der Waals surface area (Å²) < 4.78 is 5.40. The predicted octanol–water partition coefficient (Wildman–Crippen LogP) is 0.952. The van der Waals surface area contributed by atoms with Gasteiger partial charge in [-0.1, -0.05) is 17.3 Å². The van der Waals surface area contributed by atoms with E-state index in [0.29, 0.717) is 0 Å². The molecule has 0 radical (unpaired) electrons. The minimum atomic E-state index is -0.0418. The number of methoxy groups -OCH3 is 1. The summed E-state index contributed by atoms with van der Waals surface area (Å²) in [6, 6.07) is 7.99. The summed E-state index contributed by atoms with van der Waals surface area (Å²) in [5, 5.41) is 11.8. The topological polar surface area (TPSA) is 74.3 Å². The van der Waals surface area contributed by atoms with Gasteiger partial charge < -0.3 is 20.6 Å². The third-order valence-corrected chi connectivity index (χ3v) is 3.83. The molecule has 1 aromatic rings. The van der Waals surface area contributed by atoms with Crippen molar-refractivity contribution in [1.29, 1.82) is 0 Å². The van der Waals surface area contributed by atoms with Crippen molar-refractivity contribution in [3.63, 3.8) is 0 Å². The predicted molar refractivity (Wildman–Crippen MR) is 79.7 cm³/mol. The van der Waals surface area contributed by atoms with E-state index in [9.17, 15) is 0 Å². The van der Waals surface area contributed by atoms with Crippen LogP contribution in [0.4, 0.5) is 5.69 Å². The fraction of sp³-hybridized carbons (Fsp3) is 0.500. The number of ether oxygens (including phenoxy) is 1. The number of benzene rings is 1. The maximum atomic E-state index is 8.74. The van der Waals surface area contributed by atoms with Gasteiger partial charge in [-0.3, -0.25) is 4.90 Å². The Morgan fingerprint density at radius 3 is 2.55 bits per heavy atom. The molecule has 3 N–H and O–H groups in total. The summed E-state index contributed by atoms with van der Waals surface area (Å²) in [4.78, 5) is 4.51. The standard InChI is InChI=1S/C14H22N4O2/c1-11(14(15)16-19)17-7-9-18(10-8-17)12-5-3-4-6-13(12)20-2/h3-6,11,19H,7-10H2,1-2H3,(H2,15,16). The Bertz CT molecular complexity index is 470. The van der Waals surface area contributed by atoms with Gasteiger partial charge in [-0.15, -0.1) is 0 Å². The normalized spacial score (nSPS) is 18.9. The van der Waals surface area contributed by atoms with Crippen molar-refractivity contribution in [1.82, 2.24) is 4.90 Å². The molecule has 0 spiro atoms. The van der Waals surface area contributed by atoms with Crippen molar-refractivity contribution in [2.45, 2.75) is 13.0 Å². The van der Waals surface area contributed by atoms with Crippen LogP contribution in [0.2, 0.25) is 0 Å². The molecular formula is C14H22N4O2. The van der Waals surface area contributed by atoms with E-state index in [1.807, 2.05) is 25.1 Å². The van der Waals surface area contributed by atoms with Crippen LogP contribution < -0.4 is 15.4 Å². The average Bonchev–Trinajstić information content (AvgIpc) is 2.53. The first-order valence-corrected chi connectivity index (χ1v) is 6.76. The van der Waals surface area contributed by atoms with Gasteiger partial charge in [-0.05, 0) is 19.1 Å². The number of nitrogens with two attached hydrogens (primary N) is 1. The van der Waals surface area contributed by atoms with Crippen LogP contribution in [-0.4, -0.2) is 55.3 Å². The zero-order valence-corrected chi connectivity index (χ0v) is 12.0. The third kappa shape index (κ3) is 2.96. The molecule has 1 aliphatic heterocycles. The zero-order valence-electron chi connectivity index (χ0n) is 12.0. The summed E-state index contributed by atoms with van der Waals surface area (Å²) in [7, 11) is 1.69. The molecule has 1 fully saturated rings. The first-order chi connectivity index (χ1) is 9.67. The van der Waals surface area contributed by atoms with E-state index in [4.69, 9.17) is 15.7 Å². The van der Waals surface area contributed by atoms with E-state index in [0.717, 1.165) is 37.6 Å². The number of nitrogens with zero attached hydrogens (tertiary/aromatic N) is 3. The van der Waals surface area contributed by atoms with Crippen molar-refractivity contribution in [3.05, 3.63) is 24.3 Å². The number of anilines is 1.